The van der Waals surface area contributed by atoms with Crippen LogP contribution in [0.4, 0.5) is 0 Å². The molecule has 0 spiro atoms. The number of benzene rings is 1. The van der Waals surface area contributed by atoms with E-state index in [2.05, 4.69) is 15.6 Å². The molecule has 24 heavy (non-hydrogen) atoms. The van der Waals surface area contributed by atoms with Gasteiger partial charge in [0.15, 0.2) is 5.96 Å². The van der Waals surface area contributed by atoms with E-state index in [0.717, 1.165) is 17.9 Å². The second kappa shape index (κ2) is 11.9. The molecule has 0 aromatic heterocycles. The monoisotopic (exact) mass is 448 g/mol. The number of rotatable bonds is 7. The number of amides is 1. The number of hydrogen-bond acceptors (Lipinski definition) is 3. The molecule has 0 fully saturated rings. The SMILES string of the molecule is CCNC(=NCc1cccc(OC(C)C)c1)NCC(=O)N(C)C.I. The van der Waals surface area contributed by atoms with Gasteiger partial charge in [0, 0.05) is 20.6 Å². The van der Waals surface area contributed by atoms with Crippen molar-refractivity contribution in [1.29, 1.82) is 0 Å². The van der Waals surface area contributed by atoms with E-state index in [9.17, 15) is 4.79 Å². The van der Waals surface area contributed by atoms with Gasteiger partial charge in [0.25, 0.3) is 0 Å². The highest BCUT2D eigenvalue weighted by Gasteiger charge is 2.05. The summed E-state index contributed by atoms with van der Waals surface area (Å²) < 4.78 is 5.68. The van der Waals surface area contributed by atoms with Gasteiger partial charge in [0.05, 0.1) is 19.2 Å². The maximum atomic E-state index is 11.6. The molecule has 7 heteroatoms. The summed E-state index contributed by atoms with van der Waals surface area (Å²) in [6.07, 6.45) is 0.143. The summed E-state index contributed by atoms with van der Waals surface area (Å²) in [5.74, 6) is 1.47. The molecule has 136 valence electrons. The molecule has 1 aromatic rings. The minimum absolute atomic E-state index is 0. The van der Waals surface area contributed by atoms with Crippen molar-refractivity contribution < 1.29 is 9.53 Å². The summed E-state index contributed by atoms with van der Waals surface area (Å²) >= 11 is 0. The highest BCUT2D eigenvalue weighted by atomic mass is 127. The second-order valence-corrected chi connectivity index (χ2v) is 5.65. The Morgan fingerprint density at radius 1 is 1.29 bits per heavy atom. The van der Waals surface area contributed by atoms with Crippen LogP contribution in [-0.2, 0) is 11.3 Å². The van der Waals surface area contributed by atoms with E-state index in [1.807, 2.05) is 45.0 Å². The van der Waals surface area contributed by atoms with Crippen molar-refractivity contribution in [1.82, 2.24) is 15.5 Å². The molecule has 2 N–H and O–H groups in total. The highest BCUT2D eigenvalue weighted by molar-refractivity contribution is 14.0. The topological polar surface area (TPSA) is 66.0 Å². The summed E-state index contributed by atoms with van der Waals surface area (Å²) in [5, 5.41) is 6.17. The molecule has 0 atom stereocenters. The second-order valence-electron chi connectivity index (χ2n) is 5.65. The maximum Gasteiger partial charge on any atom is 0.241 e. The maximum absolute atomic E-state index is 11.6. The first-order valence-electron chi connectivity index (χ1n) is 7.90. The lowest BCUT2D eigenvalue weighted by atomic mass is 10.2. The third-order valence-corrected chi connectivity index (χ3v) is 2.94. The molecule has 0 aliphatic heterocycles. The standard InChI is InChI=1S/C17H28N4O2.HI/c1-6-18-17(20-12-16(22)21(4)5)19-11-14-8-7-9-15(10-14)23-13(2)3;/h7-10,13H,6,11-12H2,1-5H3,(H2,18,19,20);1H. The summed E-state index contributed by atoms with van der Waals surface area (Å²) in [5.41, 5.74) is 1.05. The van der Waals surface area contributed by atoms with Crippen molar-refractivity contribution in [3.63, 3.8) is 0 Å². The smallest absolute Gasteiger partial charge is 0.241 e. The average molecular weight is 448 g/mol. The fourth-order valence-electron chi connectivity index (χ4n) is 1.82. The number of carbonyl (C=O) groups excluding carboxylic acids is 1. The van der Waals surface area contributed by atoms with Crippen LogP contribution in [0.15, 0.2) is 29.3 Å². The third-order valence-electron chi connectivity index (χ3n) is 2.94. The predicted octanol–water partition coefficient (Wildman–Crippen LogP) is 2.24. The molecule has 1 rings (SSSR count). The Hall–Kier alpha value is -1.51. The number of aliphatic imine (C=N–C) groups is 1. The van der Waals surface area contributed by atoms with E-state index < -0.39 is 0 Å². The van der Waals surface area contributed by atoms with E-state index in [0.29, 0.717) is 12.5 Å². The van der Waals surface area contributed by atoms with Gasteiger partial charge in [-0.1, -0.05) is 12.1 Å². The zero-order chi connectivity index (χ0) is 17.2. The largest absolute Gasteiger partial charge is 0.491 e. The lowest BCUT2D eigenvalue weighted by Gasteiger charge is -2.14. The van der Waals surface area contributed by atoms with Gasteiger partial charge < -0.3 is 20.3 Å². The molecule has 0 aliphatic carbocycles. The van der Waals surface area contributed by atoms with E-state index in [1.165, 1.54) is 0 Å². The van der Waals surface area contributed by atoms with E-state index in [1.54, 1.807) is 19.0 Å². The van der Waals surface area contributed by atoms with Crippen LogP contribution in [0.25, 0.3) is 0 Å². The van der Waals surface area contributed by atoms with Crippen molar-refractivity contribution in [3.8, 4) is 5.75 Å². The number of carbonyl (C=O) groups is 1. The average Bonchev–Trinajstić information content (AvgIpc) is 2.49. The molecule has 0 aliphatic rings. The van der Waals surface area contributed by atoms with Crippen molar-refractivity contribution in [3.05, 3.63) is 29.8 Å². The van der Waals surface area contributed by atoms with Crippen molar-refractivity contribution >= 4 is 35.8 Å². The quantitative estimate of drug-likeness (QED) is 0.382. The first kappa shape index (κ1) is 22.5. The van der Waals surface area contributed by atoms with Gasteiger partial charge in [-0.2, -0.15) is 0 Å². The minimum atomic E-state index is 0. The number of likely N-dealkylation sites (N-methyl/N-ethyl adjacent to an activating group) is 1. The normalized spacial score (nSPS) is 10.8. The molecule has 0 unspecified atom stereocenters. The number of nitrogens with one attached hydrogen (secondary N) is 2. The number of halogens is 1. The zero-order valence-electron chi connectivity index (χ0n) is 15.1. The van der Waals surface area contributed by atoms with Gasteiger partial charge >= 0.3 is 0 Å². The van der Waals surface area contributed by atoms with E-state index in [-0.39, 0.29) is 42.5 Å². The Kier molecular flexibility index (Phi) is 11.2. The minimum Gasteiger partial charge on any atom is -0.491 e. The third kappa shape index (κ3) is 8.95. The van der Waals surface area contributed by atoms with Crippen LogP contribution >= 0.6 is 24.0 Å². The fourth-order valence-corrected chi connectivity index (χ4v) is 1.82. The number of guanidine groups is 1. The molecule has 6 nitrogen and oxygen atoms in total. The number of nitrogens with zero attached hydrogens (tertiary/aromatic N) is 2. The molecule has 0 saturated carbocycles. The first-order chi connectivity index (χ1) is 10.9. The Bertz CT molecular complexity index is 533. The van der Waals surface area contributed by atoms with Crippen LogP contribution in [-0.4, -0.2) is 50.1 Å². The van der Waals surface area contributed by atoms with Crippen LogP contribution in [0.1, 0.15) is 26.3 Å². The van der Waals surface area contributed by atoms with Gasteiger partial charge in [0.2, 0.25) is 5.91 Å². The van der Waals surface area contributed by atoms with Gasteiger partial charge in [-0.25, -0.2) is 4.99 Å². The summed E-state index contributed by atoms with van der Waals surface area (Å²) in [6, 6.07) is 7.88. The van der Waals surface area contributed by atoms with Gasteiger partial charge in [-0.15, -0.1) is 24.0 Å². The van der Waals surface area contributed by atoms with Crippen molar-refractivity contribution in [2.24, 2.45) is 4.99 Å². The highest BCUT2D eigenvalue weighted by Crippen LogP contribution is 2.15. The van der Waals surface area contributed by atoms with E-state index in [4.69, 9.17) is 4.74 Å². The Labute approximate surface area is 162 Å². The Morgan fingerprint density at radius 2 is 2.00 bits per heavy atom. The first-order valence-corrected chi connectivity index (χ1v) is 7.90. The van der Waals surface area contributed by atoms with Crippen LogP contribution in [0.3, 0.4) is 0 Å². The van der Waals surface area contributed by atoms with Gasteiger partial charge in [0.1, 0.15) is 5.75 Å². The Morgan fingerprint density at radius 3 is 2.58 bits per heavy atom. The molecule has 0 radical (unpaired) electrons. The molecular weight excluding hydrogens is 419 g/mol. The Balaban J connectivity index is 0.00000529. The van der Waals surface area contributed by atoms with Crippen molar-refractivity contribution in [2.45, 2.75) is 33.4 Å². The van der Waals surface area contributed by atoms with Crippen LogP contribution in [0, 0.1) is 0 Å². The lowest BCUT2D eigenvalue weighted by molar-refractivity contribution is -0.127. The molecule has 1 amide bonds. The molecule has 0 saturated heterocycles. The van der Waals surface area contributed by atoms with Gasteiger partial charge in [-0.05, 0) is 38.5 Å². The summed E-state index contributed by atoms with van der Waals surface area (Å²) in [7, 11) is 3.46. The number of ether oxygens (including phenoxy) is 1. The van der Waals surface area contributed by atoms with Crippen LogP contribution in [0.5, 0.6) is 5.75 Å². The molecular formula is C17H29IN4O2. The van der Waals surface area contributed by atoms with Crippen molar-refractivity contribution in [2.75, 3.05) is 27.2 Å². The summed E-state index contributed by atoms with van der Waals surface area (Å²) in [6.45, 7) is 7.45. The predicted molar refractivity (Wildman–Crippen MR) is 109 cm³/mol. The number of hydrogen-bond donors (Lipinski definition) is 2. The molecule has 0 heterocycles. The van der Waals surface area contributed by atoms with Gasteiger partial charge in [-0.3, -0.25) is 4.79 Å². The fraction of sp³-hybridized carbons (Fsp3) is 0.529. The molecule has 1 aromatic carbocycles. The zero-order valence-corrected chi connectivity index (χ0v) is 17.5. The van der Waals surface area contributed by atoms with Crippen LogP contribution in [0.2, 0.25) is 0 Å². The lowest BCUT2D eigenvalue weighted by Crippen LogP contribution is -2.42. The van der Waals surface area contributed by atoms with E-state index >= 15 is 0 Å². The molecule has 0 bridgehead atoms. The van der Waals surface area contributed by atoms with Crippen LogP contribution < -0.4 is 15.4 Å². The summed E-state index contributed by atoms with van der Waals surface area (Å²) in [4.78, 5) is 17.7.